The van der Waals surface area contributed by atoms with Gasteiger partial charge in [-0.25, -0.2) is 0 Å². The van der Waals surface area contributed by atoms with Crippen molar-refractivity contribution in [2.45, 2.75) is 26.4 Å². The fourth-order valence-corrected chi connectivity index (χ4v) is 1.90. The molecule has 0 bridgehead atoms. The quantitative estimate of drug-likeness (QED) is 0.851. The van der Waals surface area contributed by atoms with Crippen LogP contribution in [0.5, 0.6) is 17.2 Å². The van der Waals surface area contributed by atoms with E-state index in [1.165, 1.54) is 0 Å². The van der Waals surface area contributed by atoms with Gasteiger partial charge in [-0.1, -0.05) is 37.3 Å². The summed E-state index contributed by atoms with van der Waals surface area (Å²) in [6.45, 7) is 4.44. The predicted molar refractivity (Wildman–Crippen MR) is 79.4 cm³/mol. The van der Waals surface area contributed by atoms with E-state index in [-0.39, 0.29) is 0 Å². The first-order chi connectivity index (χ1) is 9.72. The van der Waals surface area contributed by atoms with Gasteiger partial charge in [0.2, 0.25) is 0 Å². The molecule has 0 unspecified atom stereocenters. The number of benzene rings is 2. The zero-order chi connectivity index (χ0) is 14.4. The first kappa shape index (κ1) is 14.4. The SMILES string of the molecule is CCCOc1ccccc1Oc1ccccc1[C@H](C)O. The number of aliphatic hydroxyl groups is 1. The van der Waals surface area contributed by atoms with E-state index in [0.29, 0.717) is 18.1 Å². The number of para-hydroxylation sites is 3. The number of hydrogen-bond donors (Lipinski definition) is 1. The zero-order valence-electron chi connectivity index (χ0n) is 11.9. The maximum atomic E-state index is 9.78. The minimum atomic E-state index is -0.574. The molecule has 2 aromatic rings. The van der Waals surface area contributed by atoms with Crippen molar-refractivity contribution in [2.75, 3.05) is 6.61 Å². The fourth-order valence-electron chi connectivity index (χ4n) is 1.90. The standard InChI is InChI=1S/C17H20O3/c1-3-12-19-16-10-6-7-11-17(16)20-15-9-5-4-8-14(15)13(2)18/h4-11,13,18H,3,12H2,1-2H3/t13-/m0/s1. The molecule has 0 aromatic heterocycles. The second kappa shape index (κ2) is 6.96. The van der Waals surface area contributed by atoms with Crippen molar-refractivity contribution in [1.29, 1.82) is 0 Å². The van der Waals surface area contributed by atoms with Crippen LogP contribution in [0.3, 0.4) is 0 Å². The third-order valence-electron chi connectivity index (χ3n) is 2.90. The summed E-state index contributed by atoms with van der Waals surface area (Å²) in [6.07, 6.45) is 0.369. The smallest absolute Gasteiger partial charge is 0.169 e. The highest BCUT2D eigenvalue weighted by Crippen LogP contribution is 2.34. The highest BCUT2D eigenvalue weighted by atomic mass is 16.5. The van der Waals surface area contributed by atoms with E-state index in [9.17, 15) is 5.11 Å². The molecule has 20 heavy (non-hydrogen) atoms. The summed E-state index contributed by atoms with van der Waals surface area (Å²) in [5.74, 6) is 2.03. The van der Waals surface area contributed by atoms with Crippen LogP contribution in [-0.2, 0) is 0 Å². The number of aliphatic hydroxyl groups excluding tert-OH is 1. The predicted octanol–water partition coefficient (Wildman–Crippen LogP) is 4.32. The molecular formula is C17H20O3. The Labute approximate surface area is 119 Å². The van der Waals surface area contributed by atoms with Crippen LogP contribution in [0, 0.1) is 0 Å². The lowest BCUT2D eigenvalue weighted by molar-refractivity contribution is 0.195. The molecule has 0 amide bonds. The Hall–Kier alpha value is -2.00. The first-order valence-corrected chi connectivity index (χ1v) is 6.89. The van der Waals surface area contributed by atoms with Gasteiger partial charge in [0.15, 0.2) is 11.5 Å². The van der Waals surface area contributed by atoms with Crippen molar-refractivity contribution < 1.29 is 14.6 Å². The molecule has 2 rings (SSSR count). The van der Waals surface area contributed by atoms with E-state index in [0.717, 1.165) is 17.7 Å². The molecule has 3 nitrogen and oxygen atoms in total. The summed E-state index contributed by atoms with van der Waals surface area (Å²) < 4.78 is 11.6. The molecule has 0 saturated heterocycles. The van der Waals surface area contributed by atoms with Gasteiger partial charge < -0.3 is 14.6 Å². The average molecular weight is 272 g/mol. The minimum absolute atomic E-state index is 0.574. The van der Waals surface area contributed by atoms with Crippen LogP contribution < -0.4 is 9.47 Å². The van der Waals surface area contributed by atoms with E-state index in [1.54, 1.807) is 6.92 Å². The van der Waals surface area contributed by atoms with Gasteiger partial charge in [-0.3, -0.25) is 0 Å². The fraction of sp³-hybridized carbons (Fsp3) is 0.294. The number of hydrogen-bond acceptors (Lipinski definition) is 3. The van der Waals surface area contributed by atoms with Crippen molar-refractivity contribution in [3.63, 3.8) is 0 Å². The Morgan fingerprint density at radius 3 is 2.20 bits per heavy atom. The summed E-state index contributed by atoms with van der Waals surface area (Å²) in [6, 6.07) is 15.0. The van der Waals surface area contributed by atoms with Crippen LogP contribution in [0.15, 0.2) is 48.5 Å². The lowest BCUT2D eigenvalue weighted by atomic mass is 10.1. The molecule has 1 atom stereocenters. The van der Waals surface area contributed by atoms with Crippen molar-refractivity contribution in [1.82, 2.24) is 0 Å². The monoisotopic (exact) mass is 272 g/mol. The Morgan fingerprint density at radius 1 is 0.950 bits per heavy atom. The van der Waals surface area contributed by atoms with E-state index < -0.39 is 6.10 Å². The lowest BCUT2D eigenvalue weighted by Crippen LogP contribution is -1.99. The molecule has 0 aliphatic heterocycles. The second-order valence-corrected chi connectivity index (χ2v) is 4.61. The third-order valence-corrected chi connectivity index (χ3v) is 2.90. The molecule has 0 fully saturated rings. The summed E-state index contributed by atoms with van der Waals surface area (Å²) in [7, 11) is 0. The van der Waals surface area contributed by atoms with Gasteiger partial charge in [0.25, 0.3) is 0 Å². The maximum absolute atomic E-state index is 9.78. The molecule has 106 valence electrons. The van der Waals surface area contributed by atoms with Gasteiger partial charge in [0, 0.05) is 5.56 Å². The van der Waals surface area contributed by atoms with Crippen molar-refractivity contribution in [3.05, 3.63) is 54.1 Å². The molecule has 0 saturated carbocycles. The van der Waals surface area contributed by atoms with Gasteiger partial charge in [-0.15, -0.1) is 0 Å². The molecule has 0 heterocycles. The van der Waals surface area contributed by atoms with Crippen LogP contribution in [0.1, 0.15) is 31.9 Å². The largest absolute Gasteiger partial charge is 0.490 e. The molecule has 0 spiro atoms. The van der Waals surface area contributed by atoms with E-state index >= 15 is 0 Å². The summed E-state index contributed by atoms with van der Waals surface area (Å²) in [4.78, 5) is 0. The summed E-state index contributed by atoms with van der Waals surface area (Å²) in [5, 5.41) is 9.78. The van der Waals surface area contributed by atoms with Crippen LogP contribution in [0.25, 0.3) is 0 Å². The zero-order valence-corrected chi connectivity index (χ0v) is 11.9. The molecule has 0 aliphatic rings. The van der Waals surface area contributed by atoms with Crippen molar-refractivity contribution in [2.24, 2.45) is 0 Å². The van der Waals surface area contributed by atoms with Gasteiger partial charge in [-0.05, 0) is 31.5 Å². The Bertz CT molecular complexity index is 549. The molecule has 2 aromatic carbocycles. The Balaban J connectivity index is 2.26. The highest BCUT2D eigenvalue weighted by molar-refractivity contribution is 5.45. The summed E-state index contributed by atoms with van der Waals surface area (Å²) in [5.41, 5.74) is 0.762. The van der Waals surface area contributed by atoms with Gasteiger partial charge >= 0.3 is 0 Å². The molecular weight excluding hydrogens is 252 g/mol. The number of rotatable bonds is 6. The first-order valence-electron chi connectivity index (χ1n) is 6.89. The molecule has 3 heteroatoms. The maximum Gasteiger partial charge on any atom is 0.169 e. The molecule has 1 N–H and O–H groups in total. The average Bonchev–Trinajstić information content (AvgIpc) is 2.47. The third kappa shape index (κ3) is 3.52. The van der Waals surface area contributed by atoms with Crippen molar-refractivity contribution >= 4 is 0 Å². The minimum Gasteiger partial charge on any atom is -0.490 e. The van der Waals surface area contributed by atoms with Crippen LogP contribution in [0.2, 0.25) is 0 Å². The number of ether oxygens (including phenoxy) is 2. The van der Waals surface area contributed by atoms with Crippen molar-refractivity contribution in [3.8, 4) is 17.2 Å². The van der Waals surface area contributed by atoms with Crippen LogP contribution in [-0.4, -0.2) is 11.7 Å². The van der Waals surface area contributed by atoms with Gasteiger partial charge in [0.05, 0.1) is 12.7 Å². The van der Waals surface area contributed by atoms with Crippen LogP contribution in [0.4, 0.5) is 0 Å². The van der Waals surface area contributed by atoms with Crippen LogP contribution >= 0.6 is 0 Å². The van der Waals surface area contributed by atoms with E-state index in [1.807, 2.05) is 48.5 Å². The Morgan fingerprint density at radius 2 is 1.55 bits per heavy atom. The normalized spacial score (nSPS) is 11.9. The topological polar surface area (TPSA) is 38.7 Å². The lowest BCUT2D eigenvalue weighted by Gasteiger charge is -2.15. The summed E-state index contributed by atoms with van der Waals surface area (Å²) >= 11 is 0. The van der Waals surface area contributed by atoms with E-state index in [2.05, 4.69) is 6.92 Å². The van der Waals surface area contributed by atoms with Gasteiger partial charge in [-0.2, -0.15) is 0 Å². The Kier molecular flexibility index (Phi) is 5.02. The second-order valence-electron chi connectivity index (χ2n) is 4.61. The highest BCUT2D eigenvalue weighted by Gasteiger charge is 2.11. The molecule has 0 aliphatic carbocycles. The van der Waals surface area contributed by atoms with Gasteiger partial charge in [0.1, 0.15) is 5.75 Å². The van der Waals surface area contributed by atoms with E-state index in [4.69, 9.17) is 9.47 Å². The molecule has 0 radical (unpaired) electrons.